The number of rotatable bonds is 5. The summed E-state index contributed by atoms with van der Waals surface area (Å²) in [5, 5.41) is 7.05. The summed E-state index contributed by atoms with van der Waals surface area (Å²) in [4.78, 5) is 27.5. The number of nitrogens with zero attached hydrogens (tertiary/aromatic N) is 3. The SMILES string of the molecule is COc1ccccc1-c1ccccc1C[C@H]1CN(C(=O)c2cnn(C)c2)CCNC1=O. The third kappa shape index (κ3) is 4.45. The first kappa shape index (κ1) is 20.7. The molecule has 31 heavy (non-hydrogen) atoms. The lowest BCUT2D eigenvalue weighted by molar-refractivity contribution is -0.124. The van der Waals surface area contributed by atoms with E-state index in [0.717, 1.165) is 22.4 Å². The largest absolute Gasteiger partial charge is 0.496 e. The Morgan fingerprint density at radius 1 is 1.16 bits per heavy atom. The molecule has 3 aromatic rings. The van der Waals surface area contributed by atoms with Gasteiger partial charge in [0.1, 0.15) is 5.75 Å². The van der Waals surface area contributed by atoms with Crippen LogP contribution in [0.5, 0.6) is 5.75 Å². The first-order valence-electron chi connectivity index (χ1n) is 10.3. The average molecular weight is 418 g/mol. The molecule has 1 aliphatic heterocycles. The Morgan fingerprint density at radius 3 is 2.65 bits per heavy atom. The molecule has 2 aromatic carbocycles. The molecule has 0 bridgehead atoms. The standard InChI is InChI=1S/C24H26N4O3/c1-27-15-19(14-26-27)24(30)28-12-11-25-23(29)18(16-28)13-17-7-3-4-8-20(17)21-9-5-6-10-22(21)31-2/h3-10,14-15,18H,11-13,16H2,1-2H3,(H,25,29)/t18-/m0/s1. The monoisotopic (exact) mass is 418 g/mol. The van der Waals surface area contributed by atoms with E-state index < -0.39 is 0 Å². The van der Waals surface area contributed by atoms with Crippen LogP contribution >= 0.6 is 0 Å². The van der Waals surface area contributed by atoms with Crippen molar-refractivity contribution < 1.29 is 14.3 Å². The Kier molecular flexibility index (Phi) is 6.02. The molecule has 1 atom stereocenters. The summed E-state index contributed by atoms with van der Waals surface area (Å²) < 4.78 is 7.15. The first-order valence-corrected chi connectivity index (χ1v) is 10.3. The minimum absolute atomic E-state index is 0.0312. The number of amides is 2. The lowest BCUT2D eigenvalue weighted by Crippen LogP contribution is -2.37. The average Bonchev–Trinajstić information content (AvgIpc) is 3.15. The van der Waals surface area contributed by atoms with Crippen molar-refractivity contribution in [1.29, 1.82) is 0 Å². The Morgan fingerprint density at radius 2 is 1.90 bits per heavy atom. The van der Waals surface area contributed by atoms with E-state index >= 15 is 0 Å². The lowest BCUT2D eigenvalue weighted by atomic mass is 9.91. The van der Waals surface area contributed by atoms with Crippen molar-refractivity contribution in [3.8, 4) is 16.9 Å². The van der Waals surface area contributed by atoms with Crippen molar-refractivity contribution >= 4 is 11.8 Å². The van der Waals surface area contributed by atoms with Crippen molar-refractivity contribution in [3.63, 3.8) is 0 Å². The predicted molar refractivity (Wildman–Crippen MR) is 118 cm³/mol. The lowest BCUT2D eigenvalue weighted by Gasteiger charge is -2.23. The van der Waals surface area contributed by atoms with Gasteiger partial charge < -0.3 is 15.0 Å². The van der Waals surface area contributed by atoms with Crippen LogP contribution in [-0.2, 0) is 18.3 Å². The molecule has 1 N–H and O–H groups in total. The van der Waals surface area contributed by atoms with Crippen LogP contribution in [0.1, 0.15) is 15.9 Å². The van der Waals surface area contributed by atoms with Gasteiger partial charge in [0.15, 0.2) is 0 Å². The topological polar surface area (TPSA) is 76.5 Å². The van der Waals surface area contributed by atoms with E-state index in [2.05, 4.69) is 10.4 Å². The van der Waals surface area contributed by atoms with Crippen molar-refractivity contribution in [1.82, 2.24) is 20.0 Å². The maximum Gasteiger partial charge on any atom is 0.257 e. The minimum atomic E-state index is -0.348. The van der Waals surface area contributed by atoms with Gasteiger partial charge in [0.05, 0.1) is 24.8 Å². The molecule has 2 amide bonds. The number of hydrogen-bond donors (Lipinski definition) is 1. The Hall–Kier alpha value is -3.61. The van der Waals surface area contributed by atoms with Crippen LogP contribution in [0.15, 0.2) is 60.9 Å². The number of para-hydroxylation sites is 1. The Bertz CT molecular complexity index is 1090. The van der Waals surface area contributed by atoms with Crippen LogP contribution in [0, 0.1) is 5.92 Å². The quantitative estimate of drug-likeness (QED) is 0.691. The summed E-state index contributed by atoms with van der Waals surface area (Å²) in [6.45, 7) is 1.28. The van der Waals surface area contributed by atoms with Crippen LogP contribution in [0.2, 0.25) is 0 Å². The third-order valence-corrected chi connectivity index (χ3v) is 5.61. The molecule has 0 spiro atoms. The zero-order valence-corrected chi connectivity index (χ0v) is 17.7. The van der Waals surface area contributed by atoms with Crippen LogP contribution in [0.3, 0.4) is 0 Å². The number of aryl methyl sites for hydroxylation is 1. The molecule has 160 valence electrons. The van der Waals surface area contributed by atoms with E-state index in [1.54, 1.807) is 36.1 Å². The number of carbonyl (C=O) groups excluding carboxylic acids is 2. The molecule has 4 rings (SSSR count). The second-order valence-corrected chi connectivity index (χ2v) is 7.70. The van der Waals surface area contributed by atoms with E-state index in [9.17, 15) is 9.59 Å². The second-order valence-electron chi connectivity index (χ2n) is 7.70. The number of methoxy groups -OCH3 is 1. The first-order chi connectivity index (χ1) is 15.1. The molecule has 0 unspecified atom stereocenters. The highest BCUT2D eigenvalue weighted by Gasteiger charge is 2.29. The number of carbonyl (C=O) groups is 2. The summed E-state index contributed by atoms with van der Waals surface area (Å²) >= 11 is 0. The highest BCUT2D eigenvalue weighted by atomic mass is 16.5. The fourth-order valence-corrected chi connectivity index (χ4v) is 4.05. The number of hydrogen-bond acceptors (Lipinski definition) is 4. The Labute approximate surface area is 181 Å². The van der Waals surface area contributed by atoms with E-state index in [1.165, 1.54) is 0 Å². The van der Waals surface area contributed by atoms with Gasteiger partial charge >= 0.3 is 0 Å². The van der Waals surface area contributed by atoms with Gasteiger partial charge in [-0.3, -0.25) is 14.3 Å². The molecule has 1 saturated heterocycles. The number of nitrogens with one attached hydrogen (secondary N) is 1. The summed E-state index contributed by atoms with van der Waals surface area (Å²) in [5.41, 5.74) is 3.59. The summed E-state index contributed by atoms with van der Waals surface area (Å²) in [5.74, 6) is 0.302. The van der Waals surface area contributed by atoms with E-state index in [0.29, 0.717) is 31.6 Å². The molecular weight excluding hydrogens is 392 g/mol. The van der Waals surface area contributed by atoms with Crippen LogP contribution < -0.4 is 10.1 Å². The van der Waals surface area contributed by atoms with Gasteiger partial charge in [-0.2, -0.15) is 5.10 Å². The van der Waals surface area contributed by atoms with Gasteiger partial charge in [0, 0.05) is 38.4 Å². The fraction of sp³-hybridized carbons (Fsp3) is 0.292. The van der Waals surface area contributed by atoms with Gasteiger partial charge in [-0.25, -0.2) is 0 Å². The molecule has 0 aliphatic carbocycles. The normalized spacial score (nSPS) is 16.5. The van der Waals surface area contributed by atoms with Gasteiger partial charge in [-0.15, -0.1) is 0 Å². The van der Waals surface area contributed by atoms with Crippen molar-refractivity contribution in [2.75, 3.05) is 26.7 Å². The third-order valence-electron chi connectivity index (χ3n) is 5.61. The maximum absolute atomic E-state index is 13.0. The molecule has 1 aliphatic rings. The van der Waals surface area contributed by atoms with Crippen molar-refractivity contribution in [2.45, 2.75) is 6.42 Å². The van der Waals surface area contributed by atoms with Crippen molar-refractivity contribution in [3.05, 3.63) is 72.1 Å². The smallest absolute Gasteiger partial charge is 0.257 e. The van der Waals surface area contributed by atoms with E-state index in [1.807, 2.05) is 48.5 Å². The molecule has 1 fully saturated rings. The van der Waals surface area contributed by atoms with Crippen LogP contribution in [0.25, 0.3) is 11.1 Å². The zero-order valence-electron chi connectivity index (χ0n) is 17.7. The predicted octanol–water partition coefficient (Wildman–Crippen LogP) is 2.53. The molecule has 2 heterocycles. The Balaban J connectivity index is 1.61. The molecular formula is C24H26N4O3. The highest BCUT2D eigenvalue weighted by Crippen LogP contribution is 2.33. The van der Waals surface area contributed by atoms with E-state index in [4.69, 9.17) is 4.74 Å². The molecule has 1 aromatic heterocycles. The second kappa shape index (κ2) is 9.04. The zero-order chi connectivity index (χ0) is 21.8. The number of aromatic nitrogens is 2. The maximum atomic E-state index is 13.0. The molecule has 7 nitrogen and oxygen atoms in total. The summed E-state index contributed by atoms with van der Waals surface area (Å²) in [6.07, 6.45) is 3.79. The highest BCUT2D eigenvalue weighted by molar-refractivity contribution is 5.94. The molecule has 0 saturated carbocycles. The van der Waals surface area contributed by atoms with Gasteiger partial charge in [-0.1, -0.05) is 42.5 Å². The summed E-state index contributed by atoms with van der Waals surface area (Å²) in [6, 6.07) is 15.9. The van der Waals surface area contributed by atoms with Gasteiger partial charge in [-0.05, 0) is 23.6 Å². The van der Waals surface area contributed by atoms with Gasteiger partial charge in [0.25, 0.3) is 5.91 Å². The van der Waals surface area contributed by atoms with E-state index in [-0.39, 0.29) is 17.7 Å². The van der Waals surface area contributed by atoms with Crippen LogP contribution in [-0.4, -0.2) is 53.2 Å². The fourth-order valence-electron chi connectivity index (χ4n) is 4.05. The van der Waals surface area contributed by atoms with Gasteiger partial charge in [0.2, 0.25) is 5.91 Å². The molecule has 7 heteroatoms. The van der Waals surface area contributed by atoms with Crippen molar-refractivity contribution in [2.24, 2.45) is 13.0 Å². The number of ether oxygens (including phenoxy) is 1. The molecule has 0 radical (unpaired) electrons. The summed E-state index contributed by atoms with van der Waals surface area (Å²) in [7, 11) is 3.43. The minimum Gasteiger partial charge on any atom is -0.496 e. The van der Waals surface area contributed by atoms with Crippen LogP contribution in [0.4, 0.5) is 0 Å². The number of benzene rings is 2.